The van der Waals surface area contributed by atoms with Gasteiger partial charge in [-0.15, -0.1) is 0 Å². The Morgan fingerprint density at radius 2 is 2.00 bits per heavy atom. The number of nitrogens with one attached hydrogen (secondary N) is 1. The first-order chi connectivity index (χ1) is 10.5. The fourth-order valence-corrected chi connectivity index (χ4v) is 2.29. The molecular weight excluding hydrogens is 298 g/mol. The van der Waals surface area contributed by atoms with Gasteiger partial charge in [0, 0.05) is 26.2 Å². The predicted molar refractivity (Wildman–Crippen MR) is 86.1 cm³/mol. The molecule has 0 spiro atoms. The second kappa shape index (κ2) is 7.02. The normalized spacial score (nSPS) is 14.4. The van der Waals surface area contributed by atoms with E-state index in [1.807, 2.05) is 13.8 Å². The van der Waals surface area contributed by atoms with Gasteiger partial charge in [0.05, 0.1) is 11.1 Å². The number of nitrogens with zero attached hydrogens (tertiary/aromatic N) is 2. The SMILES string of the molecule is CC(C)C(CNC(=O)OC(C)(C)C)(Cc1ccn(C)n1)C(=O)O. The van der Waals surface area contributed by atoms with Gasteiger partial charge in [-0.2, -0.15) is 5.10 Å². The van der Waals surface area contributed by atoms with E-state index in [0.29, 0.717) is 5.69 Å². The lowest BCUT2D eigenvalue weighted by Crippen LogP contribution is -2.49. The number of carboxylic acid groups (broad SMARTS) is 1. The summed E-state index contributed by atoms with van der Waals surface area (Å²) in [4.78, 5) is 23.8. The number of carbonyl (C=O) groups excluding carboxylic acids is 1. The lowest BCUT2D eigenvalue weighted by atomic mass is 9.73. The van der Waals surface area contributed by atoms with Gasteiger partial charge < -0.3 is 15.2 Å². The molecule has 0 saturated heterocycles. The Bertz CT molecular complexity index is 560. The zero-order chi connectivity index (χ0) is 17.8. The quantitative estimate of drug-likeness (QED) is 0.836. The van der Waals surface area contributed by atoms with E-state index in [-0.39, 0.29) is 18.9 Å². The van der Waals surface area contributed by atoms with Crippen LogP contribution in [0.4, 0.5) is 4.79 Å². The summed E-state index contributed by atoms with van der Waals surface area (Å²) in [5.41, 5.74) is -1.10. The average Bonchev–Trinajstić information content (AvgIpc) is 2.77. The molecular formula is C16H27N3O4. The van der Waals surface area contributed by atoms with Crippen LogP contribution in [0.2, 0.25) is 0 Å². The second-order valence-corrected chi connectivity index (χ2v) is 7.13. The minimum atomic E-state index is -1.15. The van der Waals surface area contributed by atoms with Crippen LogP contribution in [0.15, 0.2) is 12.3 Å². The first-order valence-corrected chi connectivity index (χ1v) is 7.65. The maximum Gasteiger partial charge on any atom is 0.407 e. The van der Waals surface area contributed by atoms with Crippen molar-refractivity contribution in [3.63, 3.8) is 0 Å². The van der Waals surface area contributed by atoms with Gasteiger partial charge in [-0.05, 0) is 32.8 Å². The fraction of sp³-hybridized carbons (Fsp3) is 0.688. The predicted octanol–water partition coefficient (Wildman–Crippen LogP) is 2.21. The summed E-state index contributed by atoms with van der Waals surface area (Å²) in [6.45, 7) is 8.90. The standard InChI is InChI=1S/C16H27N3O4/c1-11(2)16(13(20)21,9-12-7-8-19(6)18-12)10-17-14(22)23-15(3,4)5/h7-8,11H,9-10H2,1-6H3,(H,17,22)(H,20,21). The van der Waals surface area contributed by atoms with Gasteiger partial charge >= 0.3 is 12.1 Å². The van der Waals surface area contributed by atoms with Crippen molar-refractivity contribution in [3.8, 4) is 0 Å². The van der Waals surface area contributed by atoms with Gasteiger partial charge in [0.15, 0.2) is 0 Å². The first kappa shape index (κ1) is 19.0. The lowest BCUT2D eigenvalue weighted by Gasteiger charge is -2.33. The molecule has 1 atom stereocenters. The summed E-state index contributed by atoms with van der Waals surface area (Å²) in [5.74, 6) is -1.16. The van der Waals surface area contributed by atoms with Gasteiger partial charge in [-0.3, -0.25) is 9.48 Å². The van der Waals surface area contributed by atoms with Crippen LogP contribution >= 0.6 is 0 Å². The van der Waals surface area contributed by atoms with Crippen LogP contribution in [0.5, 0.6) is 0 Å². The molecule has 1 rings (SSSR count). The van der Waals surface area contributed by atoms with E-state index in [4.69, 9.17) is 4.74 Å². The highest BCUT2D eigenvalue weighted by Crippen LogP contribution is 2.31. The molecule has 0 bridgehead atoms. The molecule has 23 heavy (non-hydrogen) atoms. The Morgan fingerprint density at radius 1 is 1.39 bits per heavy atom. The molecule has 0 aromatic carbocycles. The highest BCUT2D eigenvalue weighted by Gasteiger charge is 2.43. The minimum Gasteiger partial charge on any atom is -0.481 e. The van der Waals surface area contributed by atoms with Crippen molar-refractivity contribution in [2.75, 3.05) is 6.54 Å². The van der Waals surface area contributed by atoms with Crippen LogP contribution in [-0.2, 0) is 23.0 Å². The zero-order valence-corrected chi connectivity index (χ0v) is 14.7. The van der Waals surface area contributed by atoms with Gasteiger partial charge in [0.2, 0.25) is 0 Å². The average molecular weight is 325 g/mol. The molecule has 7 heteroatoms. The monoisotopic (exact) mass is 325 g/mol. The molecule has 0 aliphatic rings. The van der Waals surface area contributed by atoms with Crippen molar-refractivity contribution < 1.29 is 19.4 Å². The molecule has 130 valence electrons. The zero-order valence-electron chi connectivity index (χ0n) is 14.7. The van der Waals surface area contributed by atoms with Crippen molar-refractivity contribution in [3.05, 3.63) is 18.0 Å². The van der Waals surface area contributed by atoms with E-state index in [9.17, 15) is 14.7 Å². The molecule has 0 radical (unpaired) electrons. The molecule has 1 amide bonds. The number of carboxylic acids is 1. The number of aliphatic carboxylic acids is 1. The molecule has 7 nitrogen and oxygen atoms in total. The summed E-state index contributed by atoms with van der Waals surface area (Å²) >= 11 is 0. The van der Waals surface area contributed by atoms with Crippen molar-refractivity contribution in [2.45, 2.75) is 46.6 Å². The lowest BCUT2D eigenvalue weighted by molar-refractivity contribution is -0.151. The van der Waals surface area contributed by atoms with Gasteiger partial charge in [0.1, 0.15) is 5.60 Å². The van der Waals surface area contributed by atoms with Gasteiger partial charge in [0.25, 0.3) is 0 Å². The molecule has 2 N–H and O–H groups in total. The van der Waals surface area contributed by atoms with Crippen LogP contribution in [-0.4, -0.2) is 39.1 Å². The summed E-state index contributed by atoms with van der Waals surface area (Å²) < 4.78 is 6.81. The number of aryl methyl sites for hydroxylation is 1. The van der Waals surface area contributed by atoms with Crippen LogP contribution in [0.3, 0.4) is 0 Å². The second-order valence-electron chi connectivity index (χ2n) is 7.13. The molecule has 0 aliphatic heterocycles. The molecule has 1 unspecified atom stereocenters. The summed E-state index contributed by atoms with van der Waals surface area (Å²) in [6, 6.07) is 1.79. The van der Waals surface area contributed by atoms with Crippen molar-refractivity contribution in [1.82, 2.24) is 15.1 Å². The summed E-state index contributed by atoms with van der Waals surface area (Å²) in [5, 5.41) is 16.6. The van der Waals surface area contributed by atoms with Crippen LogP contribution in [0.1, 0.15) is 40.3 Å². The van der Waals surface area contributed by atoms with Gasteiger partial charge in [-0.1, -0.05) is 13.8 Å². The van der Waals surface area contributed by atoms with Gasteiger partial charge in [-0.25, -0.2) is 4.79 Å². The number of carbonyl (C=O) groups is 2. The Hall–Kier alpha value is -2.05. The Labute approximate surface area is 137 Å². The molecule has 1 aromatic rings. The Kier molecular flexibility index (Phi) is 5.80. The Balaban J connectivity index is 2.92. The number of alkyl carbamates (subject to hydrolysis) is 1. The Morgan fingerprint density at radius 3 is 2.39 bits per heavy atom. The largest absolute Gasteiger partial charge is 0.481 e. The number of rotatable bonds is 6. The number of hydrogen-bond acceptors (Lipinski definition) is 4. The van der Waals surface area contributed by atoms with Crippen molar-refractivity contribution >= 4 is 12.1 Å². The van der Waals surface area contributed by atoms with Crippen LogP contribution < -0.4 is 5.32 Å². The fourth-order valence-electron chi connectivity index (χ4n) is 2.29. The maximum atomic E-state index is 11.9. The van der Waals surface area contributed by atoms with E-state index in [1.165, 1.54) is 0 Å². The molecule has 1 aromatic heterocycles. The highest BCUT2D eigenvalue weighted by atomic mass is 16.6. The van der Waals surface area contributed by atoms with E-state index in [1.54, 1.807) is 44.8 Å². The number of ether oxygens (including phenoxy) is 1. The van der Waals surface area contributed by atoms with E-state index >= 15 is 0 Å². The van der Waals surface area contributed by atoms with E-state index in [0.717, 1.165) is 0 Å². The third-order valence-corrected chi connectivity index (χ3v) is 3.74. The molecule has 1 heterocycles. The summed E-state index contributed by atoms with van der Waals surface area (Å²) in [7, 11) is 1.78. The van der Waals surface area contributed by atoms with Crippen LogP contribution in [0, 0.1) is 11.3 Å². The highest BCUT2D eigenvalue weighted by molar-refractivity contribution is 5.77. The van der Waals surface area contributed by atoms with E-state index < -0.39 is 23.1 Å². The van der Waals surface area contributed by atoms with Crippen molar-refractivity contribution in [2.24, 2.45) is 18.4 Å². The van der Waals surface area contributed by atoms with E-state index in [2.05, 4.69) is 10.4 Å². The third kappa shape index (κ3) is 5.26. The number of amides is 1. The maximum absolute atomic E-state index is 11.9. The topological polar surface area (TPSA) is 93.5 Å². The van der Waals surface area contributed by atoms with Crippen molar-refractivity contribution in [1.29, 1.82) is 0 Å². The smallest absolute Gasteiger partial charge is 0.407 e. The molecule has 0 saturated carbocycles. The third-order valence-electron chi connectivity index (χ3n) is 3.74. The minimum absolute atomic E-state index is 0.0223. The molecule has 0 fully saturated rings. The number of hydrogen-bond donors (Lipinski definition) is 2. The molecule has 0 aliphatic carbocycles. The number of aromatic nitrogens is 2. The first-order valence-electron chi connectivity index (χ1n) is 7.65. The van der Waals surface area contributed by atoms with Crippen LogP contribution in [0.25, 0.3) is 0 Å². The summed E-state index contributed by atoms with van der Waals surface area (Å²) in [6.07, 6.45) is 1.38.